The summed E-state index contributed by atoms with van der Waals surface area (Å²) in [5.41, 5.74) is 3.90. The van der Waals surface area contributed by atoms with Gasteiger partial charge in [0.15, 0.2) is 0 Å². The Bertz CT molecular complexity index is 1730. The lowest BCUT2D eigenvalue weighted by molar-refractivity contribution is -0.140. The summed E-state index contributed by atoms with van der Waals surface area (Å²) < 4.78 is 35.6. The molecule has 248 valence electrons. The first-order valence-corrected chi connectivity index (χ1v) is 17.5. The van der Waals surface area contributed by atoms with Crippen LogP contribution in [0.5, 0.6) is 5.75 Å². The van der Waals surface area contributed by atoms with Crippen molar-refractivity contribution in [2.24, 2.45) is 0 Å². The fourth-order valence-corrected chi connectivity index (χ4v) is 6.60. The molecule has 0 aliphatic rings. The lowest BCUT2D eigenvalue weighted by Gasteiger charge is -2.34. The summed E-state index contributed by atoms with van der Waals surface area (Å²) >= 11 is 0. The van der Waals surface area contributed by atoms with E-state index in [1.165, 1.54) is 17.0 Å². The summed E-state index contributed by atoms with van der Waals surface area (Å²) in [6.07, 6.45) is 0.966. The Morgan fingerprint density at radius 2 is 1.38 bits per heavy atom. The van der Waals surface area contributed by atoms with E-state index in [9.17, 15) is 18.0 Å². The summed E-state index contributed by atoms with van der Waals surface area (Å²) in [4.78, 5) is 30.2. The SMILES string of the molecule is CCOc1ccccc1N(CC(=O)N(Cc1ccc(C)cc1)C(Cc1ccccc1)C(=O)NC(C)CC)S(=O)(=O)c1ccc(C)cc1. The van der Waals surface area contributed by atoms with Crippen molar-refractivity contribution in [3.8, 4) is 5.75 Å². The molecular weight excluding hydrogens is 611 g/mol. The number of benzene rings is 4. The predicted octanol–water partition coefficient (Wildman–Crippen LogP) is 6.45. The molecule has 0 heterocycles. The van der Waals surface area contributed by atoms with Crippen molar-refractivity contribution in [1.29, 1.82) is 0 Å². The van der Waals surface area contributed by atoms with Crippen LogP contribution in [0.25, 0.3) is 0 Å². The predicted molar refractivity (Wildman–Crippen MR) is 187 cm³/mol. The van der Waals surface area contributed by atoms with E-state index in [-0.39, 0.29) is 35.5 Å². The zero-order chi connectivity index (χ0) is 34.0. The molecule has 47 heavy (non-hydrogen) atoms. The number of hydrogen-bond donors (Lipinski definition) is 1. The van der Waals surface area contributed by atoms with Crippen molar-refractivity contribution in [1.82, 2.24) is 10.2 Å². The standard InChI is InChI=1S/C38H45N3O5S/c1-6-30(5)39-38(43)35(25-31-13-9-8-10-14-31)40(26-32-21-17-28(3)18-22-32)37(42)27-41(34-15-11-12-16-36(34)46-7-2)47(44,45)33-23-19-29(4)20-24-33/h8-24,30,35H,6-7,25-27H2,1-5H3,(H,39,43). The molecular formula is C38H45N3O5S. The molecule has 4 aromatic carbocycles. The van der Waals surface area contributed by atoms with Crippen molar-refractivity contribution in [2.75, 3.05) is 17.5 Å². The molecule has 8 nitrogen and oxygen atoms in total. The highest BCUT2D eigenvalue weighted by atomic mass is 32.2. The molecule has 0 saturated heterocycles. The maximum atomic E-state index is 14.7. The van der Waals surface area contributed by atoms with E-state index in [1.54, 1.807) is 36.4 Å². The maximum absolute atomic E-state index is 14.7. The van der Waals surface area contributed by atoms with E-state index in [4.69, 9.17) is 4.74 Å². The third kappa shape index (κ3) is 9.23. The van der Waals surface area contributed by atoms with Crippen LogP contribution in [0.3, 0.4) is 0 Å². The number of aryl methyl sites for hydroxylation is 2. The first kappa shape index (κ1) is 35.2. The molecule has 0 radical (unpaired) electrons. The monoisotopic (exact) mass is 655 g/mol. The van der Waals surface area contributed by atoms with Gasteiger partial charge >= 0.3 is 0 Å². The number of hydrogen-bond acceptors (Lipinski definition) is 5. The van der Waals surface area contributed by atoms with Crippen LogP contribution in [0.2, 0.25) is 0 Å². The highest BCUT2D eigenvalue weighted by Crippen LogP contribution is 2.33. The normalized spacial score (nSPS) is 12.5. The molecule has 2 atom stereocenters. The Morgan fingerprint density at radius 3 is 2.00 bits per heavy atom. The van der Waals surface area contributed by atoms with Gasteiger partial charge in [-0.3, -0.25) is 13.9 Å². The number of carbonyl (C=O) groups is 2. The van der Waals surface area contributed by atoms with Gasteiger partial charge in [0.1, 0.15) is 18.3 Å². The maximum Gasteiger partial charge on any atom is 0.264 e. The molecule has 0 aliphatic carbocycles. The van der Waals surface area contributed by atoms with Gasteiger partial charge in [-0.1, -0.05) is 96.9 Å². The smallest absolute Gasteiger partial charge is 0.264 e. The number of sulfonamides is 1. The Labute approximate surface area is 279 Å². The van der Waals surface area contributed by atoms with Crippen LogP contribution in [0.4, 0.5) is 5.69 Å². The topological polar surface area (TPSA) is 96.0 Å². The highest BCUT2D eigenvalue weighted by molar-refractivity contribution is 7.92. The molecule has 2 unspecified atom stereocenters. The molecule has 9 heteroatoms. The van der Waals surface area contributed by atoms with E-state index in [1.807, 2.05) is 89.2 Å². The third-order valence-corrected chi connectivity index (χ3v) is 9.84. The summed E-state index contributed by atoms with van der Waals surface area (Å²) in [5.74, 6) is -0.488. The van der Waals surface area contributed by atoms with Gasteiger partial charge in [-0.05, 0) is 69.5 Å². The zero-order valence-electron chi connectivity index (χ0n) is 27.8. The zero-order valence-corrected chi connectivity index (χ0v) is 28.7. The first-order chi connectivity index (χ1) is 22.5. The van der Waals surface area contributed by atoms with Crippen LogP contribution in [-0.4, -0.2) is 50.4 Å². The minimum Gasteiger partial charge on any atom is -0.492 e. The summed E-state index contributed by atoms with van der Waals surface area (Å²) in [7, 11) is -4.24. The third-order valence-electron chi connectivity index (χ3n) is 8.07. The lowest BCUT2D eigenvalue weighted by atomic mass is 10.0. The van der Waals surface area contributed by atoms with Crippen LogP contribution < -0.4 is 14.4 Å². The molecule has 0 fully saturated rings. The largest absolute Gasteiger partial charge is 0.492 e. The van der Waals surface area contributed by atoms with Gasteiger partial charge in [0.05, 0.1) is 17.2 Å². The number of anilines is 1. The number of carbonyl (C=O) groups excluding carboxylic acids is 2. The second-order valence-electron chi connectivity index (χ2n) is 11.8. The molecule has 0 aromatic heterocycles. The first-order valence-electron chi connectivity index (χ1n) is 16.0. The lowest BCUT2D eigenvalue weighted by Crippen LogP contribution is -2.54. The average molecular weight is 656 g/mol. The quantitative estimate of drug-likeness (QED) is 0.159. The van der Waals surface area contributed by atoms with E-state index in [2.05, 4.69) is 5.32 Å². The number of nitrogens with one attached hydrogen (secondary N) is 1. The van der Waals surface area contributed by atoms with Crippen LogP contribution in [-0.2, 0) is 32.6 Å². The van der Waals surface area contributed by atoms with Crippen molar-refractivity contribution in [2.45, 2.75) is 71.0 Å². The van der Waals surface area contributed by atoms with Crippen molar-refractivity contribution < 1.29 is 22.7 Å². The van der Waals surface area contributed by atoms with E-state index >= 15 is 0 Å². The Kier molecular flexibility index (Phi) is 12.2. The van der Waals surface area contributed by atoms with E-state index < -0.39 is 28.5 Å². The second-order valence-corrected chi connectivity index (χ2v) is 13.6. The Balaban J connectivity index is 1.84. The molecule has 0 bridgehead atoms. The van der Waals surface area contributed by atoms with Gasteiger partial charge in [0.2, 0.25) is 11.8 Å². The van der Waals surface area contributed by atoms with Crippen molar-refractivity contribution in [3.05, 3.63) is 125 Å². The van der Waals surface area contributed by atoms with E-state index in [0.717, 1.165) is 26.6 Å². The fraction of sp³-hybridized carbons (Fsp3) is 0.316. The molecule has 0 saturated carbocycles. The van der Waals surface area contributed by atoms with E-state index in [0.29, 0.717) is 18.8 Å². The van der Waals surface area contributed by atoms with Gasteiger partial charge in [0, 0.05) is 19.0 Å². The summed E-state index contributed by atoms with van der Waals surface area (Å²) in [6.45, 7) is 9.44. The molecule has 2 amide bonds. The van der Waals surface area contributed by atoms with Crippen molar-refractivity contribution in [3.63, 3.8) is 0 Å². The minimum atomic E-state index is -4.24. The van der Waals surface area contributed by atoms with Gasteiger partial charge in [-0.25, -0.2) is 8.42 Å². The van der Waals surface area contributed by atoms with Crippen LogP contribution >= 0.6 is 0 Å². The fourth-order valence-electron chi connectivity index (χ4n) is 5.18. The molecule has 4 rings (SSSR count). The molecule has 0 spiro atoms. The molecule has 1 N–H and O–H groups in total. The van der Waals surface area contributed by atoms with Crippen LogP contribution in [0.15, 0.2) is 108 Å². The van der Waals surface area contributed by atoms with Crippen LogP contribution in [0.1, 0.15) is 49.4 Å². The van der Waals surface area contributed by atoms with Crippen LogP contribution in [0, 0.1) is 13.8 Å². The summed E-state index contributed by atoms with van der Waals surface area (Å²) in [6, 6.07) is 29.6. The number of ether oxygens (including phenoxy) is 1. The van der Waals surface area contributed by atoms with Gasteiger partial charge in [-0.15, -0.1) is 0 Å². The van der Waals surface area contributed by atoms with Gasteiger partial charge in [0.25, 0.3) is 10.0 Å². The second kappa shape index (κ2) is 16.3. The van der Waals surface area contributed by atoms with Gasteiger partial charge in [-0.2, -0.15) is 0 Å². The summed E-state index contributed by atoms with van der Waals surface area (Å²) in [5, 5.41) is 3.07. The Morgan fingerprint density at radius 1 is 0.787 bits per heavy atom. The Hall–Kier alpha value is -4.63. The average Bonchev–Trinajstić information content (AvgIpc) is 3.07. The molecule has 0 aliphatic heterocycles. The number of nitrogens with zero attached hydrogens (tertiary/aromatic N) is 2. The number of rotatable bonds is 15. The highest BCUT2D eigenvalue weighted by Gasteiger charge is 2.35. The minimum absolute atomic E-state index is 0.0441. The number of para-hydroxylation sites is 2. The van der Waals surface area contributed by atoms with Gasteiger partial charge < -0.3 is 15.0 Å². The van der Waals surface area contributed by atoms with Crippen molar-refractivity contribution >= 4 is 27.5 Å². The molecule has 4 aromatic rings. The number of amides is 2.